The van der Waals surface area contributed by atoms with Crippen LogP contribution in [-0.2, 0) is 9.84 Å². The van der Waals surface area contributed by atoms with Gasteiger partial charge in [0, 0.05) is 26.2 Å². The molecule has 2 heterocycles. The van der Waals surface area contributed by atoms with Crippen molar-refractivity contribution in [3.63, 3.8) is 0 Å². The van der Waals surface area contributed by atoms with Crippen LogP contribution in [-0.4, -0.2) is 63.6 Å². The molecule has 160 valence electrons. The fraction of sp³-hybridized carbons (Fsp3) is 0.318. The summed E-state index contributed by atoms with van der Waals surface area (Å²) in [5.74, 6) is 0.992. The summed E-state index contributed by atoms with van der Waals surface area (Å²) in [5, 5.41) is 8.49. The zero-order chi connectivity index (χ0) is 22.0. The molecule has 1 unspecified atom stereocenters. The molecule has 0 radical (unpaired) electrons. The quantitative estimate of drug-likeness (QED) is 0.600. The lowest BCUT2D eigenvalue weighted by Gasteiger charge is -2.34. The molecule has 3 aromatic rings. The van der Waals surface area contributed by atoms with E-state index in [1.165, 1.54) is 19.2 Å². The number of hydrogen-bond acceptors (Lipinski definition) is 8. The molecule has 1 saturated heterocycles. The van der Waals surface area contributed by atoms with E-state index < -0.39 is 15.1 Å². The number of anilines is 1. The maximum absolute atomic E-state index is 13.4. The first-order chi connectivity index (χ1) is 14.9. The van der Waals surface area contributed by atoms with E-state index >= 15 is 0 Å². The lowest BCUT2D eigenvalue weighted by atomic mass is 10.2. The number of aromatic nitrogens is 2. The number of benzene rings is 2. The Morgan fingerprint density at radius 3 is 2.19 bits per heavy atom. The Bertz CT molecular complexity index is 1230. The molecule has 1 aliphatic rings. The van der Waals surface area contributed by atoms with Gasteiger partial charge < -0.3 is 14.5 Å². The van der Waals surface area contributed by atoms with Crippen LogP contribution in [0.15, 0.2) is 53.4 Å². The van der Waals surface area contributed by atoms with E-state index in [-0.39, 0.29) is 10.6 Å². The van der Waals surface area contributed by atoms with Gasteiger partial charge in [-0.25, -0.2) is 18.4 Å². The number of likely N-dealkylation sites (N-methyl/N-ethyl adjacent to an activating group) is 1. The van der Waals surface area contributed by atoms with E-state index in [4.69, 9.17) is 9.72 Å². The number of nitrogens with zero attached hydrogens (tertiary/aromatic N) is 5. The van der Waals surface area contributed by atoms with Crippen molar-refractivity contribution in [3.05, 3.63) is 54.2 Å². The van der Waals surface area contributed by atoms with Crippen LogP contribution in [0.3, 0.4) is 0 Å². The molecular weight excluding hydrogens is 414 g/mol. The summed E-state index contributed by atoms with van der Waals surface area (Å²) in [6.07, 6.45) is 0. The lowest BCUT2D eigenvalue weighted by molar-refractivity contribution is 0.312. The van der Waals surface area contributed by atoms with Crippen molar-refractivity contribution in [1.29, 1.82) is 5.26 Å². The van der Waals surface area contributed by atoms with Gasteiger partial charge >= 0.3 is 0 Å². The highest BCUT2D eigenvalue weighted by Gasteiger charge is 2.35. The Balaban J connectivity index is 1.85. The summed E-state index contributed by atoms with van der Waals surface area (Å²) in [5.41, 5.74) is 1.39. The summed E-state index contributed by atoms with van der Waals surface area (Å²) in [6.45, 7) is 2.99. The molecule has 0 spiro atoms. The predicted molar refractivity (Wildman–Crippen MR) is 118 cm³/mol. The maximum atomic E-state index is 13.4. The van der Waals surface area contributed by atoms with Crippen LogP contribution in [0.25, 0.3) is 11.0 Å². The fourth-order valence-electron chi connectivity index (χ4n) is 3.61. The minimum Gasteiger partial charge on any atom is -0.497 e. The van der Waals surface area contributed by atoms with Gasteiger partial charge in [0.2, 0.25) is 9.84 Å². The average Bonchev–Trinajstić information content (AvgIpc) is 2.79. The van der Waals surface area contributed by atoms with Gasteiger partial charge in [-0.3, -0.25) is 0 Å². The van der Waals surface area contributed by atoms with Gasteiger partial charge in [0.05, 0.1) is 29.1 Å². The Morgan fingerprint density at radius 1 is 1.00 bits per heavy atom. The van der Waals surface area contributed by atoms with Crippen molar-refractivity contribution in [2.75, 3.05) is 45.2 Å². The molecule has 0 N–H and O–H groups in total. The highest BCUT2D eigenvalue weighted by atomic mass is 32.2. The highest BCUT2D eigenvalue weighted by Crippen LogP contribution is 2.34. The van der Waals surface area contributed by atoms with Crippen LogP contribution < -0.4 is 9.64 Å². The molecule has 4 rings (SSSR count). The molecule has 0 bridgehead atoms. The number of nitriles is 1. The summed E-state index contributed by atoms with van der Waals surface area (Å²) in [6, 6.07) is 15.3. The zero-order valence-corrected chi connectivity index (χ0v) is 18.2. The Morgan fingerprint density at radius 2 is 1.61 bits per heavy atom. The van der Waals surface area contributed by atoms with E-state index in [1.54, 1.807) is 18.2 Å². The van der Waals surface area contributed by atoms with Gasteiger partial charge in [-0.1, -0.05) is 12.1 Å². The Labute approximate surface area is 181 Å². The minimum atomic E-state index is -4.03. The molecule has 2 aromatic carbocycles. The highest BCUT2D eigenvalue weighted by molar-refractivity contribution is 7.92. The molecule has 0 saturated carbocycles. The van der Waals surface area contributed by atoms with Gasteiger partial charge in [0.25, 0.3) is 0 Å². The number of fused-ring (bicyclic) bond motifs is 1. The van der Waals surface area contributed by atoms with E-state index in [0.717, 1.165) is 13.1 Å². The van der Waals surface area contributed by atoms with Gasteiger partial charge in [-0.15, -0.1) is 0 Å². The monoisotopic (exact) mass is 437 g/mol. The molecule has 8 nitrogen and oxygen atoms in total. The van der Waals surface area contributed by atoms with Crippen LogP contribution in [0.2, 0.25) is 0 Å². The second-order valence-corrected chi connectivity index (χ2v) is 9.47. The van der Waals surface area contributed by atoms with Crippen LogP contribution >= 0.6 is 0 Å². The van der Waals surface area contributed by atoms with Crippen LogP contribution in [0.5, 0.6) is 5.75 Å². The van der Waals surface area contributed by atoms with Gasteiger partial charge in [0.15, 0.2) is 11.1 Å². The van der Waals surface area contributed by atoms with Crippen molar-refractivity contribution < 1.29 is 13.2 Å². The molecule has 0 amide bonds. The maximum Gasteiger partial charge on any atom is 0.200 e. The normalized spacial score (nSPS) is 16.1. The van der Waals surface area contributed by atoms with Crippen LogP contribution in [0.4, 0.5) is 5.82 Å². The van der Waals surface area contributed by atoms with Gasteiger partial charge in [-0.05, 0) is 43.4 Å². The lowest BCUT2D eigenvalue weighted by Crippen LogP contribution is -2.45. The molecule has 1 atom stereocenters. The molecule has 1 aliphatic heterocycles. The number of sulfone groups is 1. The number of methoxy groups -OCH3 is 1. The van der Waals surface area contributed by atoms with Crippen LogP contribution in [0, 0.1) is 11.3 Å². The number of ether oxygens (including phenoxy) is 1. The third kappa shape index (κ3) is 4.04. The number of para-hydroxylation sites is 2. The summed E-state index contributed by atoms with van der Waals surface area (Å²) >= 11 is 0. The van der Waals surface area contributed by atoms with Crippen LogP contribution in [0.1, 0.15) is 10.9 Å². The standard InChI is InChI=1S/C22H23N5O3S/c1-26-11-13-27(14-12-26)22-21(24-18-5-3-4-6-19(18)25-22)20(15-23)31(28,29)17-9-7-16(30-2)8-10-17/h3-10,20H,11-14H2,1-2H3. The average molecular weight is 438 g/mol. The van der Waals surface area contributed by atoms with E-state index in [0.29, 0.717) is 35.7 Å². The number of hydrogen-bond donors (Lipinski definition) is 0. The Hall–Kier alpha value is -3.22. The SMILES string of the molecule is COc1ccc(S(=O)(=O)C(C#N)c2nc3ccccc3nc2N2CCN(C)CC2)cc1. The zero-order valence-electron chi connectivity index (χ0n) is 17.4. The second kappa shape index (κ2) is 8.49. The summed E-state index contributed by atoms with van der Waals surface area (Å²) in [7, 11) is -0.479. The smallest absolute Gasteiger partial charge is 0.200 e. The number of rotatable bonds is 5. The Kier molecular flexibility index (Phi) is 5.76. The summed E-state index contributed by atoms with van der Waals surface area (Å²) < 4.78 is 32.0. The molecule has 31 heavy (non-hydrogen) atoms. The van der Waals surface area contributed by atoms with E-state index in [1.807, 2.05) is 36.2 Å². The molecule has 1 fully saturated rings. The third-order valence-electron chi connectivity index (χ3n) is 5.44. The van der Waals surface area contributed by atoms with Crippen molar-refractivity contribution in [2.45, 2.75) is 10.1 Å². The molecule has 0 aliphatic carbocycles. The molecular formula is C22H23N5O3S. The predicted octanol–water partition coefficient (Wildman–Crippen LogP) is 2.43. The van der Waals surface area contributed by atoms with Crippen molar-refractivity contribution in [3.8, 4) is 11.8 Å². The second-order valence-electron chi connectivity index (χ2n) is 7.44. The van der Waals surface area contributed by atoms with Crippen molar-refractivity contribution in [2.24, 2.45) is 0 Å². The van der Waals surface area contributed by atoms with E-state index in [2.05, 4.69) is 9.88 Å². The first-order valence-corrected chi connectivity index (χ1v) is 11.5. The van der Waals surface area contributed by atoms with Crippen molar-refractivity contribution in [1.82, 2.24) is 14.9 Å². The summed E-state index contributed by atoms with van der Waals surface area (Å²) in [4.78, 5) is 13.6. The number of piperazine rings is 1. The van der Waals surface area contributed by atoms with Crippen molar-refractivity contribution >= 4 is 26.7 Å². The van der Waals surface area contributed by atoms with Gasteiger partial charge in [0.1, 0.15) is 11.4 Å². The minimum absolute atomic E-state index is 0.0409. The van der Waals surface area contributed by atoms with E-state index in [9.17, 15) is 13.7 Å². The van der Waals surface area contributed by atoms with Gasteiger partial charge in [-0.2, -0.15) is 5.26 Å². The fourth-order valence-corrected chi connectivity index (χ4v) is 4.99. The largest absolute Gasteiger partial charge is 0.497 e. The third-order valence-corrected chi connectivity index (χ3v) is 7.32. The molecule has 1 aromatic heterocycles. The first-order valence-electron chi connectivity index (χ1n) is 9.92. The topological polar surface area (TPSA) is 99.4 Å². The molecule has 9 heteroatoms. The first kappa shape index (κ1) is 21.0.